The molecule has 1 fully saturated rings. The Bertz CT molecular complexity index is 1440. The summed E-state index contributed by atoms with van der Waals surface area (Å²) < 4.78 is 45.6. The molecule has 7 nitrogen and oxygen atoms in total. The smallest absolute Gasteiger partial charge is 0.416 e. The van der Waals surface area contributed by atoms with Crippen LogP contribution in [0.15, 0.2) is 60.7 Å². The third-order valence-electron chi connectivity index (χ3n) is 7.41. The van der Waals surface area contributed by atoms with Gasteiger partial charge in [-0.3, -0.25) is 9.59 Å². The van der Waals surface area contributed by atoms with Crippen molar-refractivity contribution in [3.8, 4) is 16.9 Å². The Hall–Kier alpha value is -3.76. The topological polar surface area (TPSA) is 87.9 Å². The van der Waals surface area contributed by atoms with E-state index in [0.717, 1.165) is 35.7 Å². The molecule has 1 atom stereocenters. The number of amides is 2. The first-order chi connectivity index (χ1) is 20.6. The van der Waals surface area contributed by atoms with Gasteiger partial charge in [-0.2, -0.15) is 13.2 Å². The number of carbonyl (C=O) groups excluding carboxylic acids is 2. The maximum Gasteiger partial charge on any atom is 0.416 e. The second-order valence-electron chi connectivity index (χ2n) is 10.3. The van der Waals surface area contributed by atoms with Crippen LogP contribution in [-0.2, 0) is 6.18 Å². The molecule has 0 saturated carbocycles. The predicted octanol–water partition coefficient (Wildman–Crippen LogP) is 6.24. The summed E-state index contributed by atoms with van der Waals surface area (Å²) in [4.78, 5) is 30.8. The number of nitrogens with two attached hydrogens (primary N) is 1. The minimum atomic E-state index is -4.56. The summed E-state index contributed by atoms with van der Waals surface area (Å²) in [5.41, 5.74) is 7.56. The summed E-state index contributed by atoms with van der Waals surface area (Å²) >= 11 is 6.14. The van der Waals surface area contributed by atoms with Crippen LogP contribution in [0.1, 0.15) is 53.0 Å². The molecule has 4 rings (SSSR count). The highest BCUT2D eigenvalue weighted by atomic mass is 35.5. The Labute approximate surface area is 254 Å². The molecule has 0 radical (unpaired) electrons. The van der Waals surface area contributed by atoms with Crippen LogP contribution >= 0.6 is 11.6 Å². The maximum atomic E-state index is 13.7. The molecule has 1 aliphatic rings. The molecule has 3 aromatic rings. The van der Waals surface area contributed by atoms with E-state index in [0.29, 0.717) is 43.1 Å². The van der Waals surface area contributed by atoms with Crippen LogP contribution in [0.2, 0.25) is 5.02 Å². The molecule has 43 heavy (non-hydrogen) atoms. The fourth-order valence-corrected chi connectivity index (χ4v) is 5.51. The lowest BCUT2D eigenvalue weighted by Gasteiger charge is -2.43. The first-order valence-electron chi connectivity index (χ1n) is 14.4. The molecular weight excluding hydrogens is 581 g/mol. The van der Waals surface area contributed by atoms with Crippen molar-refractivity contribution in [1.29, 1.82) is 0 Å². The van der Waals surface area contributed by atoms with Crippen molar-refractivity contribution in [3.63, 3.8) is 0 Å². The first kappa shape index (κ1) is 32.2. The predicted molar refractivity (Wildman–Crippen MR) is 163 cm³/mol. The largest absolute Gasteiger partial charge is 0.492 e. The summed E-state index contributed by atoms with van der Waals surface area (Å²) in [6.45, 7) is 5.91. The number of nitrogens with zero attached hydrogens (tertiary/aromatic N) is 2. The number of nitrogens with one attached hydrogen (secondary N) is 1. The molecule has 230 valence electrons. The van der Waals surface area contributed by atoms with Crippen LogP contribution in [0.25, 0.3) is 11.1 Å². The van der Waals surface area contributed by atoms with E-state index < -0.39 is 17.6 Å². The van der Waals surface area contributed by atoms with Crippen LogP contribution in [0, 0.1) is 0 Å². The van der Waals surface area contributed by atoms with Crippen LogP contribution in [-0.4, -0.2) is 62.1 Å². The number of benzene rings is 3. The van der Waals surface area contributed by atoms with E-state index in [1.807, 2.05) is 56.3 Å². The van der Waals surface area contributed by atoms with E-state index in [1.165, 1.54) is 0 Å². The Kier molecular flexibility index (Phi) is 10.6. The summed E-state index contributed by atoms with van der Waals surface area (Å²) in [6, 6.07) is 16.1. The number of halogens is 4. The zero-order chi connectivity index (χ0) is 31.1. The molecule has 1 aliphatic heterocycles. The Morgan fingerprint density at radius 1 is 1.07 bits per heavy atom. The lowest BCUT2D eigenvalue weighted by Crippen LogP contribution is -2.55. The van der Waals surface area contributed by atoms with E-state index in [4.69, 9.17) is 22.1 Å². The Balaban J connectivity index is 1.70. The summed E-state index contributed by atoms with van der Waals surface area (Å²) in [7, 11) is 0. The Morgan fingerprint density at radius 2 is 1.81 bits per heavy atom. The van der Waals surface area contributed by atoms with Crippen LogP contribution < -0.4 is 20.7 Å². The van der Waals surface area contributed by atoms with Gasteiger partial charge in [-0.05, 0) is 48.7 Å². The van der Waals surface area contributed by atoms with Gasteiger partial charge in [-0.25, -0.2) is 0 Å². The van der Waals surface area contributed by atoms with Gasteiger partial charge in [0.05, 0.1) is 28.4 Å². The van der Waals surface area contributed by atoms with Gasteiger partial charge < -0.3 is 25.6 Å². The van der Waals surface area contributed by atoms with Crippen LogP contribution in [0.5, 0.6) is 5.75 Å². The van der Waals surface area contributed by atoms with Crippen molar-refractivity contribution >= 4 is 29.1 Å². The number of anilines is 1. The monoisotopic (exact) mass is 616 g/mol. The van der Waals surface area contributed by atoms with Gasteiger partial charge in [-0.15, -0.1) is 0 Å². The van der Waals surface area contributed by atoms with Gasteiger partial charge in [0.2, 0.25) is 0 Å². The molecule has 1 saturated heterocycles. The quantitative estimate of drug-likeness (QED) is 0.281. The van der Waals surface area contributed by atoms with Gasteiger partial charge in [0, 0.05) is 44.3 Å². The van der Waals surface area contributed by atoms with Crippen LogP contribution in [0.3, 0.4) is 0 Å². The van der Waals surface area contributed by atoms with Crippen molar-refractivity contribution in [2.45, 2.75) is 38.9 Å². The molecule has 0 bridgehead atoms. The molecular formula is C32H36ClF3N4O3. The second kappa shape index (κ2) is 14.1. The van der Waals surface area contributed by atoms with E-state index in [1.54, 1.807) is 4.90 Å². The molecule has 1 heterocycles. The van der Waals surface area contributed by atoms with Crippen molar-refractivity contribution in [3.05, 3.63) is 82.4 Å². The van der Waals surface area contributed by atoms with E-state index in [2.05, 4.69) is 10.2 Å². The molecule has 0 unspecified atom stereocenters. The van der Waals surface area contributed by atoms with Crippen LogP contribution in [0.4, 0.5) is 18.9 Å². The van der Waals surface area contributed by atoms with Gasteiger partial charge in [-0.1, -0.05) is 55.8 Å². The fraction of sp³-hybridized carbons (Fsp3) is 0.375. The van der Waals surface area contributed by atoms with Crippen molar-refractivity contribution in [1.82, 2.24) is 10.2 Å². The highest BCUT2D eigenvalue weighted by Crippen LogP contribution is 2.41. The zero-order valence-corrected chi connectivity index (χ0v) is 25.0. The second-order valence-corrected chi connectivity index (χ2v) is 10.7. The highest BCUT2D eigenvalue weighted by molar-refractivity contribution is 6.33. The summed E-state index contributed by atoms with van der Waals surface area (Å²) in [6.07, 6.45) is -3.18. The Morgan fingerprint density at radius 3 is 2.44 bits per heavy atom. The zero-order valence-electron chi connectivity index (χ0n) is 24.2. The van der Waals surface area contributed by atoms with Gasteiger partial charge in [0.25, 0.3) is 11.8 Å². The van der Waals surface area contributed by atoms with Crippen molar-refractivity contribution in [2.75, 3.05) is 44.2 Å². The van der Waals surface area contributed by atoms with E-state index in [-0.39, 0.29) is 42.2 Å². The number of piperazine rings is 1. The van der Waals surface area contributed by atoms with E-state index in [9.17, 15) is 22.8 Å². The SMILES string of the molecule is CCCOc1c(-c2ccccc2)ccc(N2CCN(C(=O)c3ccc(C(F)(F)F)cc3Cl)C[C@H]2CC)c1C(=O)NCCN. The molecule has 2 amide bonds. The maximum absolute atomic E-state index is 13.7. The van der Waals surface area contributed by atoms with Crippen molar-refractivity contribution in [2.24, 2.45) is 5.73 Å². The average Bonchev–Trinajstić information content (AvgIpc) is 3.01. The lowest BCUT2D eigenvalue weighted by atomic mass is 9.97. The minimum Gasteiger partial charge on any atom is -0.492 e. The highest BCUT2D eigenvalue weighted by Gasteiger charge is 2.35. The standard InChI is InChI=1S/C32H36ClF3N4O3/c1-3-18-43-29-24(21-8-6-5-7-9-21)12-13-27(28(29)30(41)38-15-14-37)40-17-16-39(20-23(40)4-2)31(42)25-11-10-22(19-26(25)33)32(34,35)36/h5-13,19,23H,3-4,14-18,20,37H2,1-2H3,(H,38,41)/t23-/m1/s1. The lowest BCUT2D eigenvalue weighted by molar-refractivity contribution is -0.137. The third-order valence-corrected chi connectivity index (χ3v) is 7.72. The molecule has 11 heteroatoms. The normalized spacial score (nSPS) is 15.4. The van der Waals surface area contributed by atoms with E-state index >= 15 is 0 Å². The molecule has 3 aromatic carbocycles. The molecule has 0 aliphatic carbocycles. The summed E-state index contributed by atoms with van der Waals surface area (Å²) in [5.74, 6) is -0.275. The number of alkyl halides is 3. The van der Waals surface area contributed by atoms with Gasteiger partial charge in [0.15, 0.2) is 0 Å². The number of ether oxygens (including phenoxy) is 1. The summed E-state index contributed by atoms with van der Waals surface area (Å²) in [5, 5.41) is 2.65. The molecule has 0 aromatic heterocycles. The molecule has 3 N–H and O–H groups in total. The average molecular weight is 617 g/mol. The third kappa shape index (κ3) is 7.25. The van der Waals surface area contributed by atoms with Crippen molar-refractivity contribution < 1.29 is 27.5 Å². The van der Waals surface area contributed by atoms with Gasteiger partial charge >= 0.3 is 6.18 Å². The molecule has 0 spiro atoms. The first-order valence-corrected chi connectivity index (χ1v) is 14.7. The minimum absolute atomic E-state index is 0.0160. The van der Waals surface area contributed by atoms with Gasteiger partial charge in [0.1, 0.15) is 11.3 Å². The number of rotatable bonds is 10. The number of hydrogen-bond donors (Lipinski definition) is 2. The number of hydrogen-bond acceptors (Lipinski definition) is 5. The number of carbonyl (C=O) groups is 2. The fourth-order valence-electron chi connectivity index (χ4n) is 5.25.